The van der Waals surface area contributed by atoms with Gasteiger partial charge in [0.1, 0.15) is 10.6 Å². The maximum Gasteiger partial charge on any atom is 0.244 e. The highest BCUT2D eigenvalue weighted by Crippen LogP contribution is 2.11. The number of nitrogens with one attached hydrogen (secondary N) is 1. The normalized spacial score (nSPS) is 11.3. The van der Waals surface area contributed by atoms with Gasteiger partial charge in [0, 0.05) is 26.0 Å². The molecule has 0 spiro atoms. The summed E-state index contributed by atoms with van der Waals surface area (Å²) < 4.78 is 31.1. The van der Waals surface area contributed by atoms with E-state index >= 15 is 0 Å². The number of carbonyl (C=O) groups is 1. The number of ether oxygens (including phenoxy) is 1. The Bertz CT molecular complexity index is 767. The molecule has 0 atom stereocenters. The lowest BCUT2D eigenvalue weighted by atomic mass is 10.3. The number of para-hydroxylation sites is 1. The molecular weight excluding hydrogens is 342 g/mol. The summed E-state index contributed by atoms with van der Waals surface area (Å²) in [5.74, 6) is 0.408. The third kappa shape index (κ3) is 5.84. The largest absolute Gasteiger partial charge is 0.494 e. The Labute approximate surface area is 147 Å². The molecule has 0 saturated carbocycles. The van der Waals surface area contributed by atoms with E-state index in [9.17, 15) is 13.2 Å². The van der Waals surface area contributed by atoms with Gasteiger partial charge >= 0.3 is 0 Å². The lowest BCUT2D eigenvalue weighted by molar-refractivity contribution is -0.121. The molecule has 0 aliphatic carbocycles. The molecule has 8 heteroatoms. The number of nitrogens with zero attached hydrogens (tertiary/aromatic N) is 2. The molecule has 0 fully saturated rings. The second kappa shape index (κ2) is 9.14. The standard InChI is InChI=1S/C17H21N3O4S/c1-20(25(22,23)16-9-5-10-18-13-16)14-17(21)19-11-6-12-24-15-7-3-2-4-8-15/h2-5,7-10,13H,6,11-12,14H2,1H3,(H,19,21). The van der Waals surface area contributed by atoms with Gasteiger partial charge < -0.3 is 10.1 Å². The molecule has 134 valence electrons. The third-order valence-electron chi connectivity index (χ3n) is 3.36. The molecule has 1 aromatic heterocycles. The minimum absolute atomic E-state index is 0.0570. The van der Waals surface area contributed by atoms with Gasteiger partial charge in [0.15, 0.2) is 0 Å². The van der Waals surface area contributed by atoms with Gasteiger partial charge in [0.05, 0.1) is 13.2 Å². The Morgan fingerprint density at radius 3 is 2.64 bits per heavy atom. The van der Waals surface area contributed by atoms with E-state index in [1.807, 2.05) is 30.3 Å². The average Bonchev–Trinajstić information content (AvgIpc) is 2.63. The van der Waals surface area contributed by atoms with E-state index in [1.54, 1.807) is 0 Å². The zero-order valence-corrected chi connectivity index (χ0v) is 14.8. The molecule has 2 rings (SSSR count). The second-order valence-electron chi connectivity index (χ2n) is 5.31. The van der Waals surface area contributed by atoms with Gasteiger partial charge in [0.2, 0.25) is 15.9 Å². The molecule has 0 bridgehead atoms. The van der Waals surface area contributed by atoms with E-state index < -0.39 is 10.0 Å². The zero-order chi connectivity index (χ0) is 18.1. The van der Waals surface area contributed by atoms with Crippen molar-refractivity contribution in [1.82, 2.24) is 14.6 Å². The second-order valence-corrected chi connectivity index (χ2v) is 7.36. The number of amides is 1. The van der Waals surface area contributed by atoms with Crippen LogP contribution in [0.2, 0.25) is 0 Å². The lowest BCUT2D eigenvalue weighted by Gasteiger charge is -2.16. The van der Waals surface area contributed by atoms with Crippen LogP contribution in [0.1, 0.15) is 6.42 Å². The Morgan fingerprint density at radius 1 is 1.20 bits per heavy atom. The Balaban J connectivity index is 1.71. The van der Waals surface area contributed by atoms with E-state index in [1.165, 1.54) is 31.6 Å². The summed E-state index contributed by atoms with van der Waals surface area (Å²) in [5.41, 5.74) is 0. The van der Waals surface area contributed by atoms with Crippen molar-refractivity contribution in [3.63, 3.8) is 0 Å². The molecule has 7 nitrogen and oxygen atoms in total. The number of hydrogen-bond donors (Lipinski definition) is 1. The molecule has 25 heavy (non-hydrogen) atoms. The summed E-state index contributed by atoms with van der Waals surface area (Å²) in [6.45, 7) is 0.622. The van der Waals surface area contributed by atoms with Crippen LogP contribution >= 0.6 is 0 Å². The van der Waals surface area contributed by atoms with Crippen LogP contribution in [0.3, 0.4) is 0 Å². The van der Waals surface area contributed by atoms with Crippen molar-refractivity contribution in [2.75, 3.05) is 26.7 Å². The van der Waals surface area contributed by atoms with E-state index in [2.05, 4.69) is 10.3 Å². The van der Waals surface area contributed by atoms with Gasteiger partial charge in [-0.2, -0.15) is 4.31 Å². The van der Waals surface area contributed by atoms with Gasteiger partial charge in [-0.1, -0.05) is 18.2 Å². The summed E-state index contributed by atoms with van der Waals surface area (Å²) in [5, 5.41) is 2.68. The Kier molecular flexibility index (Phi) is 6.91. The van der Waals surface area contributed by atoms with Crippen molar-refractivity contribution in [2.24, 2.45) is 0 Å². The van der Waals surface area contributed by atoms with E-state index in [0.717, 1.165) is 10.1 Å². The van der Waals surface area contributed by atoms with Crippen LogP contribution in [0.25, 0.3) is 0 Å². The van der Waals surface area contributed by atoms with E-state index in [0.29, 0.717) is 19.6 Å². The van der Waals surface area contributed by atoms with Crippen LogP contribution in [0, 0.1) is 0 Å². The molecule has 1 heterocycles. The van der Waals surface area contributed by atoms with Crippen LogP contribution in [0.4, 0.5) is 0 Å². The fourth-order valence-corrected chi connectivity index (χ4v) is 3.12. The number of sulfonamides is 1. The third-order valence-corrected chi connectivity index (χ3v) is 5.15. The van der Waals surface area contributed by atoms with Gasteiger partial charge in [-0.05, 0) is 30.7 Å². The smallest absolute Gasteiger partial charge is 0.244 e. The predicted octanol–water partition coefficient (Wildman–Crippen LogP) is 1.29. The van der Waals surface area contributed by atoms with Crippen molar-refractivity contribution in [2.45, 2.75) is 11.3 Å². The van der Waals surface area contributed by atoms with Crippen molar-refractivity contribution in [1.29, 1.82) is 0 Å². The number of pyridine rings is 1. The summed E-state index contributed by atoms with van der Waals surface area (Å²) in [4.78, 5) is 15.7. The van der Waals surface area contributed by atoms with Gasteiger partial charge in [-0.15, -0.1) is 0 Å². The molecule has 0 radical (unpaired) electrons. The first kappa shape index (κ1) is 18.9. The zero-order valence-electron chi connectivity index (χ0n) is 14.0. The highest BCUT2D eigenvalue weighted by molar-refractivity contribution is 7.89. The molecule has 1 N–H and O–H groups in total. The Hall–Kier alpha value is -2.45. The predicted molar refractivity (Wildman–Crippen MR) is 93.6 cm³/mol. The highest BCUT2D eigenvalue weighted by Gasteiger charge is 2.22. The SMILES string of the molecule is CN(CC(=O)NCCCOc1ccccc1)S(=O)(=O)c1cccnc1. The number of carbonyl (C=O) groups excluding carboxylic acids is 1. The maximum atomic E-state index is 12.3. The van der Waals surface area contributed by atoms with Crippen LogP contribution in [-0.4, -0.2) is 50.4 Å². The number of hydrogen-bond acceptors (Lipinski definition) is 5. The van der Waals surface area contributed by atoms with E-state index in [4.69, 9.17) is 4.74 Å². The molecule has 1 aromatic carbocycles. The molecule has 0 aliphatic rings. The van der Waals surface area contributed by atoms with Gasteiger partial charge in [-0.3, -0.25) is 9.78 Å². The minimum atomic E-state index is -3.72. The lowest BCUT2D eigenvalue weighted by Crippen LogP contribution is -2.38. The number of rotatable bonds is 9. The maximum absolute atomic E-state index is 12.3. The highest BCUT2D eigenvalue weighted by atomic mass is 32.2. The molecule has 2 aromatic rings. The van der Waals surface area contributed by atoms with Gasteiger partial charge in [-0.25, -0.2) is 8.42 Å². The average molecular weight is 363 g/mol. The number of benzene rings is 1. The summed E-state index contributed by atoms with van der Waals surface area (Å²) in [6.07, 6.45) is 3.37. The molecule has 0 saturated heterocycles. The quantitative estimate of drug-likeness (QED) is 0.678. The molecule has 1 amide bonds. The molecule has 0 unspecified atom stereocenters. The van der Waals surface area contributed by atoms with Crippen molar-refractivity contribution < 1.29 is 17.9 Å². The number of aromatic nitrogens is 1. The molecule has 0 aliphatic heterocycles. The first-order valence-electron chi connectivity index (χ1n) is 7.81. The van der Waals surface area contributed by atoms with Crippen molar-refractivity contribution in [3.8, 4) is 5.75 Å². The number of likely N-dealkylation sites (N-methyl/N-ethyl adjacent to an activating group) is 1. The summed E-state index contributed by atoms with van der Waals surface area (Å²) in [7, 11) is -2.36. The first-order valence-corrected chi connectivity index (χ1v) is 9.25. The van der Waals surface area contributed by atoms with Gasteiger partial charge in [0.25, 0.3) is 0 Å². The van der Waals surface area contributed by atoms with Crippen molar-refractivity contribution >= 4 is 15.9 Å². The monoisotopic (exact) mass is 363 g/mol. The fourth-order valence-electron chi connectivity index (χ4n) is 2.03. The fraction of sp³-hybridized carbons (Fsp3) is 0.294. The minimum Gasteiger partial charge on any atom is -0.494 e. The van der Waals surface area contributed by atoms with Crippen molar-refractivity contribution in [3.05, 3.63) is 54.9 Å². The topological polar surface area (TPSA) is 88.6 Å². The summed E-state index contributed by atoms with van der Waals surface area (Å²) in [6, 6.07) is 12.4. The van der Waals surface area contributed by atoms with Crippen LogP contribution in [0.15, 0.2) is 59.8 Å². The molecular formula is C17H21N3O4S. The van der Waals surface area contributed by atoms with Crippen LogP contribution in [0.5, 0.6) is 5.75 Å². The summed E-state index contributed by atoms with van der Waals surface area (Å²) >= 11 is 0. The van der Waals surface area contributed by atoms with E-state index in [-0.39, 0.29) is 17.3 Å². The Morgan fingerprint density at radius 2 is 1.96 bits per heavy atom. The van der Waals surface area contributed by atoms with Crippen LogP contribution < -0.4 is 10.1 Å². The first-order chi connectivity index (χ1) is 12.0. The van der Waals surface area contributed by atoms with Crippen LogP contribution in [-0.2, 0) is 14.8 Å².